The lowest BCUT2D eigenvalue weighted by molar-refractivity contribution is 0.0938. The third-order valence-corrected chi connectivity index (χ3v) is 3.32. The molecule has 0 saturated heterocycles. The smallest absolute Gasteiger partial charge is 0.260 e. The molecule has 2 N–H and O–H groups in total. The van der Waals surface area contributed by atoms with E-state index in [2.05, 4.69) is 10.3 Å². The van der Waals surface area contributed by atoms with E-state index in [9.17, 15) is 9.59 Å². The number of hydrogen-bond donors (Lipinski definition) is 2. The Hall–Kier alpha value is -2.76. The van der Waals surface area contributed by atoms with Gasteiger partial charge in [-0.2, -0.15) is 0 Å². The summed E-state index contributed by atoms with van der Waals surface area (Å²) in [6.07, 6.45) is 1.48. The minimum Gasteiger partial charge on any atom is -0.493 e. The Kier molecular flexibility index (Phi) is 4.83. The molecule has 1 heterocycles. The predicted molar refractivity (Wildman–Crippen MR) is 82.5 cm³/mol. The van der Waals surface area contributed by atoms with Gasteiger partial charge in [0.25, 0.3) is 11.5 Å². The van der Waals surface area contributed by atoms with Gasteiger partial charge in [-0.25, -0.2) is 0 Å². The number of ether oxygens (including phenoxy) is 2. The van der Waals surface area contributed by atoms with Crippen molar-refractivity contribution in [2.24, 2.45) is 0 Å². The van der Waals surface area contributed by atoms with Gasteiger partial charge < -0.3 is 19.8 Å². The zero-order valence-electron chi connectivity index (χ0n) is 12.7. The van der Waals surface area contributed by atoms with Crippen LogP contribution in [0.25, 0.3) is 0 Å². The van der Waals surface area contributed by atoms with Gasteiger partial charge >= 0.3 is 0 Å². The van der Waals surface area contributed by atoms with Crippen LogP contribution in [0.15, 0.2) is 41.3 Å². The number of carbonyl (C=O) groups excluding carboxylic acids is 1. The quantitative estimate of drug-likeness (QED) is 0.883. The topological polar surface area (TPSA) is 80.4 Å². The molecule has 2 aromatic rings. The summed E-state index contributed by atoms with van der Waals surface area (Å²) in [6.45, 7) is 1.83. The Labute approximate surface area is 128 Å². The summed E-state index contributed by atoms with van der Waals surface area (Å²) in [4.78, 5) is 26.2. The number of aromatic amines is 1. The van der Waals surface area contributed by atoms with Gasteiger partial charge in [-0.1, -0.05) is 6.07 Å². The lowest BCUT2D eigenvalue weighted by atomic mass is 10.1. The first-order chi connectivity index (χ1) is 10.6. The first-order valence-electron chi connectivity index (χ1n) is 6.77. The highest BCUT2D eigenvalue weighted by molar-refractivity contribution is 5.94. The van der Waals surface area contributed by atoms with Crippen LogP contribution in [0.5, 0.6) is 11.5 Å². The third-order valence-electron chi connectivity index (χ3n) is 3.32. The summed E-state index contributed by atoms with van der Waals surface area (Å²) < 4.78 is 10.4. The average molecular weight is 302 g/mol. The van der Waals surface area contributed by atoms with E-state index in [-0.39, 0.29) is 11.6 Å². The van der Waals surface area contributed by atoms with Crippen molar-refractivity contribution in [1.29, 1.82) is 0 Å². The van der Waals surface area contributed by atoms with Crippen LogP contribution in [-0.4, -0.2) is 25.1 Å². The highest BCUT2D eigenvalue weighted by Crippen LogP contribution is 2.29. The first-order valence-corrected chi connectivity index (χ1v) is 6.77. The van der Waals surface area contributed by atoms with E-state index in [1.807, 2.05) is 13.0 Å². The summed E-state index contributed by atoms with van der Waals surface area (Å²) in [6, 6.07) is 8.20. The van der Waals surface area contributed by atoms with Crippen molar-refractivity contribution in [1.82, 2.24) is 10.3 Å². The van der Waals surface area contributed by atoms with Crippen molar-refractivity contribution in [2.45, 2.75) is 13.0 Å². The predicted octanol–water partition coefficient (Wildman–Crippen LogP) is 1.88. The zero-order chi connectivity index (χ0) is 16.1. The van der Waals surface area contributed by atoms with Gasteiger partial charge in [0, 0.05) is 6.20 Å². The van der Waals surface area contributed by atoms with Crippen molar-refractivity contribution in [3.63, 3.8) is 0 Å². The molecule has 22 heavy (non-hydrogen) atoms. The molecule has 0 saturated carbocycles. The van der Waals surface area contributed by atoms with E-state index in [0.29, 0.717) is 11.5 Å². The molecule has 1 aromatic carbocycles. The van der Waals surface area contributed by atoms with Crippen LogP contribution in [-0.2, 0) is 0 Å². The maximum atomic E-state index is 12.1. The van der Waals surface area contributed by atoms with Gasteiger partial charge in [-0.15, -0.1) is 0 Å². The molecule has 0 aliphatic heterocycles. The van der Waals surface area contributed by atoms with Gasteiger partial charge in [0.15, 0.2) is 11.5 Å². The van der Waals surface area contributed by atoms with Crippen molar-refractivity contribution in [3.05, 3.63) is 58.0 Å². The van der Waals surface area contributed by atoms with Crippen molar-refractivity contribution < 1.29 is 14.3 Å². The third kappa shape index (κ3) is 3.28. The fourth-order valence-electron chi connectivity index (χ4n) is 2.08. The number of methoxy groups -OCH3 is 2. The molecule has 116 valence electrons. The Balaban J connectivity index is 2.19. The highest BCUT2D eigenvalue weighted by atomic mass is 16.5. The maximum absolute atomic E-state index is 12.1. The van der Waals surface area contributed by atoms with Crippen LogP contribution in [0, 0.1) is 0 Å². The average Bonchev–Trinajstić information content (AvgIpc) is 2.54. The summed E-state index contributed by atoms with van der Waals surface area (Å²) in [5, 5.41) is 2.79. The van der Waals surface area contributed by atoms with Crippen LogP contribution in [0.4, 0.5) is 0 Å². The second-order valence-electron chi connectivity index (χ2n) is 4.72. The molecule has 0 fully saturated rings. The van der Waals surface area contributed by atoms with E-state index in [1.165, 1.54) is 12.3 Å². The van der Waals surface area contributed by atoms with E-state index in [4.69, 9.17) is 9.47 Å². The lowest BCUT2D eigenvalue weighted by Gasteiger charge is -2.16. The zero-order valence-corrected chi connectivity index (χ0v) is 12.7. The molecule has 2 rings (SSSR count). The van der Waals surface area contributed by atoms with E-state index in [1.54, 1.807) is 32.4 Å². The van der Waals surface area contributed by atoms with Crippen molar-refractivity contribution >= 4 is 5.91 Å². The SMILES string of the molecule is COc1ccc([C@@H](C)NC(=O)c2ccc[nH]c2=O)cc1OC. The number of aromatic nitrogens is 1. The molecule has 0 spiro atoms. The van der Waals surface area contributed by atoms with Gasteiger partial charge in [-0.3, -0.25) is 9.59 Å². The molecule has 6 heteroatoms. The molecule has 0 bridgehead atoms. The summed E-state index contributed by atoms with van der Waals surface area (Å²) in [7, 11) is 3.11. The van der Waals surface area contributed by atoms with Gasteiger partial charge in [0.1, 0.15) is 5.56 Å². The molecule has 0 unspecified atom stereocenters. The Bertz CT molecular complexity index is 724. The molecule has 1 aromatic heterocycles. The number of carbonyl (C=O) groups is 1. The monoisotopic (exact) mass is 302 g/mol. The number of rotatable bonds is 5. The second kappa shape index (κ2) is 6.80. The van der Waals surface area contributed by atoms with Crippen molar-refractivity contribution in [2.75, 3.05) is 14.2 Å². The highest BCUT2D eigenvalue weighted by Gasteiger charge is 2.15. The number of pyridine rings is 1. The fourth-order valence-corrected chi connectivity index (χ4v) is 2.08. The van der Waals surface area contributed by atoms with E-state index < -0.39 is 11.5 Å². The largest absolute Gasteiger partial charge is 0.493 e. The molecular formula is C16H18N2O4. The van der Waals surface area contributed by atoms with Gasteiger partial charge in [-0.05, 0) is 36.8 Å². The minimum atomic E-state index is -0.427. The Morgan fingerprint density at radius 2 is 1.91 bits per heavy atom. The number of hydrogen-bond acceptors (Lipinski definition) is 4. The van der Waals surface area contributed by atoms with Crippen LogP contribution in [0.1, 0.15) is 28.9 Å². The molecule has 6 nitrogen and oxygen atoms in total. The number of benzene rings is 1. The molecule has 0 aliphatic rings. The minimum absolute atomic E-state index is 0.0785. The van der Waals surface area contributed by atoms with Crippen LogP contribution in [0.2, 0.25) is 0 Å². The summed E-state index contributed by atoms with van der Waals surface area (Å²) in [5.74, 6) is 0.770. The fraction of sp³-hybridized carbons (Fsp3) is 0.250. The van der Waals surface area contributed by atoms with Gasteiger partial charge in [0.05, 0.1) is 20.3 Å². The van der Waals surface area contributed by atoms with E-state index >= 15 is 0 Å². The summed E-state index contributed by atoms with van der Waals surface area (Å²) >= 11 is 0. The molecular weight excluding hydrogens is 284 g/mol. The Morgan fingerprint density at radius 1 is 1.18 bits per heavy atom. The second-order valence-corrected chi connectivity index (χ2v) is 4.72. The molecule has 0 radical (unpaired) electrons. The van der Waals surface area contributed by atoms with Crippen LogP contribution >= 0.6 is 0 Å². The maximum Gasteiger partial charge on any atom is 0.260 e. The normalized spacial score (nSPS) is 11.6. The van der Waals surface area contributed by atoms with Crippen LogP contribution in [0.3, 0.4) is 0 Å². The first kappa shape index (κ1) is 15.6. The number of nitrogens with one attached hydrogen (secondary N) is 2. The standard InChI is InChI=1S/C16H18N2O4/c1-10(11-6-7-13(21-2)14(9-11)22-3)18-16(20)12-5-4-8-17-15(12)19/h4-10H,1-3H3,(H,17,19)(H,18,20)/t10-/m1/s1. The van der Waals surface area contributed by atoms with Crippen molar-refractivity contribution in [3.8, 4) is 11.5 Å². The molecule has 1 amide bonds. The van der Waals surface area contributed by atoms with Gasteiger partial charge in [0.2, 0.25) is 0 Å². The van der Waals surface area contributed by atoms with Crippen LogP contribution < -0.4 is 20.3 Å². The molecule has 1 atom stereocenters. The Morgan fingerprint density at radius 3 is 2.55 bits per heavy atom. The number of amides is 1. The van der Waals surface area contributed by atoms with E-state index in [0.717, 1.165) is 5.56 Å². The molecule has 0 aliphatic carbocycles. The summed E-state index contributed by atoms with van der Waals surface area (Å²) in [5.41, 5.74) is 0.507. The lowest BCUT2D eigenvalue weighted by Crippen LogP contribution is -2.31. The number of H-pyrrole nitrogens is 1.